The minimum Gasteiger partial charge on any atom is -0.497 e. The van der Waals surface area contributed by atoms with Crippen LogP contribution in [-0.2, 0) is 11.2 Å². The molecule has 2 amide bonds. The Morgan fingerprint density at radius 1 is 1.03 bits per heavy atom. The van der Waals surface area contributed by atoms with Crippen molar-refractivity contribution in [3.05, 3.63) is 58.7 Å². The number of piperidine rings is 1. The van der Waals surface area contributed by atoms with E-state index in [2.05, 4.69) is 37.4 Å². The van der Waals surface area contributed by atoms with Gasteiger partial charge in [0.2, 0.25) is 5.91 Å². The first-order valence-electron chi connectivity index (χ1n) is 11.2. The number of rotatable bonds is 7. The van der Waals surface area contributed by atoms with E-state index in [1.165, 1.54) is 16.7 Å². The number of aryl methyl sites for hydroxylation is 2. The van der Waals surface area contributed by atoms with E-state index < -0.39 is 0 Å². The van der Waals surface area contributed by atoms with E-state index in [4.69, 9.17) is 9.47 Å². The zero-order valence-corrected chi connectivity index (χ0v) is 19.7. The van der Waals surface area contributed by atoms with Gasteiger partial charge in [0.15, 0.2) is 0 Å². The van der Waals surface area contributed by atoms with Crippen molar-refractivity contribution in [1.82, 2.24) is 10.2 Å². The van der Waals surface area contributed by atoms with Crippen LogP contribution in [0.5, 0.6) is 11.5 Å². The molecule has 32 heavy (non-hydrogen) atoms. The Bertz CT molecular complexity index is 942. The molecular weight excluding hydrogens is 404 g/mol. The molecule has 2 aromatic carbocycles. The van der Waals surface area contributed by atoms with Gasteiger partial charge < -0.3 is 19.7 Å². The summed E-state index contributed by atoms with van der Waals surface area (Å²) in [6, 6.07) is 11.7. The van der Waals surface area contributed by atoms with Gasteiger partial charge in [0, 0.05) is 36.7 Å². The minimum atomic E-state index is -0.0690. The molecule has 0 aliphatic carbocycles. The summed E-state index contributed by atoms with van der Waals surface area (Å²) in [4.78, 5) is 27.6. The smallest absolute Gasteiger partial charge is 0.254 e. The molecule has 0 aromatic heterocycles. The normalized spacial score (nSPS) is 15.2. The Morgan fingerprint density at radius 2 is 1.66 bits per heavy atom. The lowest BCUT2D eigenvalue weighted by atomic mass is 9.94. The number of nitrogens with zero attached hydrogens (tertiary/aromatic N) is 1. The van der Waals surface area contributed by atoms with Gasteiger partial charge in [-0.1, -0.05) is 23.8 Å². The van der Waals surface area contributed by atoms with Crippen LogP contribution in [0.3, 0.4) is 0 Å². The van der Waals surface area contributed by atoms with E-state index in [0.29, 0.717) is 43.0 Å². The third-order valence-electron chi connectivity index (χ3n) is 6.16. The van der Waals surface area contributed by atoms with Crippen LogP contribution >= 0.6 is 0 Å². The lowest BCUT2D eigenvalue weighted by Gasteiger charge is -2.32. The summed E-state index contributed by atoms with van der Waals surface area (Å²) in [5.74, 6) is 1.11. The van der Waals surface area contributed by atoms with Gasteiger partial charge >= 0.3 is 0 Å². The molecule has 0 bridgehead atoms. The quantitative estimate of drug-likeness (QED) is 0.712. The zero-order valence-electron chi connectivity index (χ0n) is 19.7. The van der Waals surface area contributed by atoms with Crippen LogP contribution in [0.25, 0.3) is 0 Å². The highest BCUT2D eigenvalue weighted by atomic mass is 16.5. The van der Waals surface area contributed by atoms with Crippen molar-refractivity contribution >= 4 is 11.8 Å². The predicted molar refractivity (Wildman–Crippen MR) is 125 cm³/mol. The van der Waals surface area contributed by atoms with Crippen molar-refractivity contribution in [2.45, 2.75) is 46.1 Å². The number of ether oxygens (including phenoxy) is 2. The molecule has 1 heterocycles. The Balaban J connectivity index is 1.53. The molecule has 1 atom stereocenters. The maximum atomic E-state index is 13.0. The van der Waals surface area contributed by atoms with E-state index in [0.717, 1.165) is 6.42 Å². The van der Waals surface area contributed by atoms with Crippen molar-refractivity contribution in [2.75, 3.05) is 27.3 Å². The molecule has 0 radical (unpaired) electrons. The minimum absolute atomic E-state index is 0.0628. The van der Waals surface area contributed by atoms with Crippen molar-refractivity contribution in [3.63, 3.8) is 0 Å². The maximum absolute atomic E-state index is 13.0. The van der Waals surface area contributed by atoms with Crippen molar-refractivity contribution < 1.29 is 19.1 Å². The second kappa shape index (κ2) is 10.5. The van der Waals surface area contributed by atoms with Gasteiger partial charge in [-0.25, -0.2) is 0 Å². The predicted octanol–water partition coefficient (Wildman–Crippen LogP) is 3.92. The van der Waals surface area contributed by atoms with Crippen molar-refractivity contribution in [1.29, 1.82) is 0 Å². The van der Waals surface area contributed by atoms with Crippen molar-refractivity contribution in [3.8, 4) is 11.5 Å². The van der Waals surface area contributed by atoms with Gasteiger partial charge in [-0.2, -0.15) is 0 Å². The van der Waals surface area contributed by atoms with Gasteiger partial charge in [0.1, 0.15) is 11.5 Å². The second-order valence-electron chi connectivity index (χ2n) is 8.71. The third-order valence-corrected chi connectivity index (χ3v) is 6.16. The largest absolute Gasteiger partial charge is 0.497 e. The highest BCUT2D eigenvalue weighted by molar-refractivity contribution is 5.95. The summed E-state index contributed by atoms with van der Waals surface area (Å²) in [7, 11) is 3.13. The summed E-state index contributed by atoms with van der Waals surface area (Å²) in [6.45, 7) is 7.36. The molecule has 1 aliphatic rings. The monoisotopic (exact) mass is 438 g/mol. The first-order valence-corrected chi connectivity index (χ1v) is 11.2. The molecule has 1 fully saturated rings. The average molecular weight is 439 g/mol. The van der Waals surface area contributed by atoms with Gasteiger partial charge in [-0.3, -0.25) is 9.59 Å². The van der Waals surface area contributed by atoms with Crippen LogP contribution < -0.4 is 14.8 Å². The fourth-order valence-corrected chi connectivity index (χ4v) is 4.27. The van der Waals surface area contributed by atoms with Crippen LogP contribution in [0.1, 0.15) is 46.8 Å². The standard InChI is InChI=1S/C26H34N2O4/c1-17-6-7-21(18(2)12-17)13-19(3)27-25(29)20-8-10-28(11-9-20)26(30)22-14-23(31-4)16-24(15-22)32-5/h6-7,12,14-16,19-20H,8-11,13H2,1-5H3,(H,27,29). The third kappa shape index (κ3) is 5.81. The van der Waals surface area contributed by atoms with Crippen molar-refractivity contribution in [2.24, 2.45) is 5.92 Å². The molecule has 2 aromatic rings. The molecule has 6 nitrogen and oxygen atoms in total. The zero-order chi connectivity index (χ0) is 23.3. The first-order chi connectivity index (χ1) is 15.3. The van der Waals surface area contributed by atoms with Crippen LogP contribution in [0, 0.1) is 19.8 Å². The van der Waals surface area contributed by atoms with Gasteiger partial charge in [0.05, 0.1) is 14.2 Å². The second-order valence-corrected chi connectivity index (χ2v) is 8.71. The topological polar surface area (TPSA) is 67.9 Å². The molecule has 6 heteroatoms. The van der Waals surface area contributed by atoms with E-state index in [9.17, 15) is 9.59 Å². The Kier molecular flexibility index (Phi) is 7.78. The highest BCUT2D eigenvalue weighted by Crippen LogP contribution is 2.25. The number of methoxy groups -OCH3 is 2. The number of carbonyl (C=O) groups excluding carboxylic acids is 2. The summed E-state index contributed by atoms with van der Waals surface area (Å²) in [5, 5.41) is 3.17. The average Bonchev–Trinajstić information content (AvgIpc) is 2.80. The Hall–Kier alpha value is -3.02. The molecule has 3 rings (SSSR count). The Labute approximate surface area is 190 Å². The molecule has 1 aliphatic heterocycles. The molecule has 0 saturated carbocycles. The Morgan fingerprint density at radius 3 is 2.22 bits per heavy atom. The molecule has 1 N–H and O–H groups in total. The number of nitrogens with one attached hydrogen (secondary N) is 1. The molecular formula is C26H34N2O4. The molecule has 0 spiro atoms. The summed E-state index contributed by atoms with van der Waals surface area (Å²) >= 11 is 0. The molecule has 1 unspecified atom stereocenters. The van der Waals surface area contributed by atoms with Crippen LogP contribution in [0.2, 0.25) is 0 Å². The van der Waals surface area contributed by atoms with Gasteiger partial charge in [-0.15, -0.1) is 0 Å². The number of benzene rings is 2. The summed E-state index contributed by atoms with van der Waals surface area (Å²) in [6.07, 6.45) is 2.14. The van der Waals surface area contributed by atoms with Crippen LogP contribution in [0.15, 0.2) is 36.4 Å². The number of amides is 2. The highest BCUT2D eigenvalue weighted by Gasteiger charge is 2.29. The van der Waals surface area contributed by atoms with E-state index >= 15 is 0 Å². The van der Waals surface area contributed by atoms with Crippen LogP contribution in [0.4, 0.5) is 0 Å². The fourth-order valence-electron chi connectivity index (χ4n) is 4.27. The van der Waals surface area contributed by atoms with Gasteiger partial charge in [0.25, 0.3) is 5.91 Å². The van der Waals surface area contributed by atoms with Gasteiger partial charge in [-0.05, 0) is 63.3 Å². The van der Waals surface area contributed by atoms with E-state index in [1.807, 2.05) is 6.92 Å². The SMILES string of the molecule is COc1cc(OC)cc(C(=O)N2CCC(C(=O)NC(C)Cc3ccc(C)cc3C)CC2)c1. The molecule has 172 valence electrons. The fraction of sp³-hybridized carbons (Fsp3) is 0.462. The lowest BCUT2D eigenvalue weighted by Crippen LogP contribution is -2.45. The number of likely N-dealkylation sites (tertiary alicyclic amines) is 1. The van der Waals surface area contributed by atoms with Crippen LogP contribution in [-0.4, -0.2) is 50.1 Å². The first kappa shape index (κ1) is 23.6. The van der Waals surface area contributed by atoms with E-state index in [1.54, 1.807) is 37.3 Å². The maximum Gasteiger partial charge on any atom is 0.254 e. The summed E-state index contributed by atoms with van der Waals surface area (Å²) in [5.41, 5.74) is 4.30. The molecule has 1 saturated heterocycles. The number of carbonyl (C=O) groups is 2. The lowest BCUT2D eigenvalue weighted by molar-refractivity contribution is -0.126. The number of hydrogen-bond donors (Lipinski definition) is 1. The number of hydrogen-bond acceptors (Lipinski definition) is 4. The van der Waals surface area contributed by atoms with E-state index in [-0.39, 0.29) is 23.8 Å². The summed E-state index contributed by atoms with van der Waals surface area (Å²) < 4.78 is 10.5.